The molecule has 1 N–H and O–H groups in total. The van der Waals surface area contributed by atoms with Gasteiger partial charge in [0.15, 0.2) is 0 Å². The quantitative estimate of drug-likeness (QED) is 0.623. The first-order chi connectivity index (χ1) is 15.1. The van der Waals surface area contributed by atoms with Crippen LogP contribution in [0.2, 0.25) is 0 Å². The van der Waals surface area contributed by atoms with Gasteiger partial charge in [0.25, 0.3) is 5.91 Å². The molecule has 0 spiro atoms. The lowest BCUT2D eigenvalue weighted by molar-refractivity contribution is -0.117. The summed E-state index contributed by atoms with van der Waals surface area (Å²) < 4.78 is 5.67. The number of rotatable bonds is 9. The number of carbonyl (C=O) groups is 2. The van der Waals surface area contributed by atoms with Gasteiger partial charge in [0.1, 0.15) is 5.75 Å². The maximum absolute atomic E-state index is 12.8. The lowest BCUT2D eigenvalue weighted by Gasteiger charge is -2.34. The highest BCUT2D eigenvalue weighted by molar-refractivity contribution is 5.94. The number of hydrogen-bond donors (Lipinski definition) is 1. The number of benzene rings is 2. The van der Waals surface area contributed by atoms with Crippen LogP contribution in [0.15, 0.2) is 48.5 Å². The predicted molar refractivity (Wildman–Crippen MR) is 124 cm³/mol. The third-order valence-corrected chi connectivity index (χ3v) is 5.57. The molecule has 6 heteroatoms. The maximum atomic E-state index is 12.8. The van der Waals surface area contributed by atoms with Crippen molar-refractivity contribution in [2.24, 2.45) is 0 Å². The van der Waals surface area contributed by atoms with Crippen LogP contribution >= 0.6 is 0 Å². The maximum Gasteiger partial charge on any atom is 0.253 e. The lowest BCUT2D eigenvalue weighted by atomic mass is 10.1. The van der Waals surface area contributed by atoms with Gasteiger partial charge >= 0.3 is 0 Å². The molecule has 1 heterocycles. The summed E-state index contributed by atoms with van der Waals surface area (Å²) in [5, 5.41) is 3.02. The van der Waals surface area contributed by atoms with Gasteiger partial charge in [-0.2, -0.15) is 0 Å². The largest absolute Gasteiger partial charge is 0.494 e. The number of aryl methyl sites for hydroxylation is 1. The van der Waals surface area contributed by atoms with E-state index in [2.05, 4.69) is 24.1 Å². The molecular weight excluding hydrogens is 390 g/mol. The van der Waals surface area contributed by atoms with E-state index in [1.807, 2.05) is 53.4 Å². The van der Waals surface area contributed by atoms with Crippen LogP contribution < -0.4 is 10.1 Å². The molecule has 6 nitrogen and oxygen atoms in total. The number of piperazine rings is 1. The van der Waals surface area contributed by atoms with E-state index in [9.17, 15) is 9.59 Å². The molecule has 1 aliphatic rings. The first kappa shape index (κ1) is 22.8. The Morgan fingerprint density at radius 1 is 0.968 bits per heavy atom. The lowest BCUT2D eigenvalue weighted by Crippen LogP contribution is -2.50. The predicted octanol–water partition coefficient (Wildman–Crippen LogP) is 3.82. The van der Waals surface area contributed by atoms with Crippen molar-refractivity contribution in [3.8, 4) is 5.75 Å². The molecule has 31 heavy (non-hydrogen) atoms. The summed E-state index contributed by atoms with van der Waals surface area (Å²) in [6.07, 6.45) is 2.99. The van der Waals surface area contributed by atoms with Gasteiger partial charge in [0.2, 0.25) is 5.91 Å². The van der Waals surface area contributed by atoms with Crippen LogP contribution in [-0.2, 0) is 11.2 Å². The number of nitrogens with zero attached hydrogens (tertiary/aromatic N) is 2. The van der Waals surface area contributed by atoms with Gasteiger partial charge in [0, 0.05) is 37.4 Å². The van der Waals surface area contributed by atoms with Crippen LogP contribution in [0.5, 0.6) is 5.75 Å². The zero-order valence-electron chi connectivity index (χ0n) is 18.6. The second-order valence-corrected chi connectivity index (χ2v) is 7.85. The normalized spacial score (nSPS) is 14.3. The number of carbonyl (C=O) groups excluding carboxylic acids is 2. The Balaban J connectivity index is 1.45. The first-order valence-corrected chi connectivity index (χ1v) is 11.2. The molecule has 0 bridgehead atoms. The van der Waals surface area contributed by atoms with Crippen LogP contribution in [0.25, 0.3) is 0 Å². The monoisotopic (exact) mass is 423 g/mol. The Labute approximate surface area is 185 Å². The smallest absolute Gasteiger partial charge is 0.253 e. The van der Waals surface area contributed by atoms with Crippen LogP contribution in [0.1, 0.15) is 42.6 Å². The SMILES string of the molecule is CCCCOc1ccc(C(=O)N2CCN(CC(=O)Nc3ccccc3CC)CC2)cc1. The molecule has 0 radical (unpaired) electrons. The van der Waals surface area contributed by atoms with Crippen molar-refractivity contribution >= 4 is 17.5 Å². The van der Waals surface area contributed by atoms with Gasteiger partial charge in [0.05, 0.1) is 13.2 Å². The van der Waals surface area contributed by atoms with E-state index in [-0.39, 0.29) is 11.8 Å². The molecule has 0 aliphatic carbocycles. The third-order valence-electron chi connectivity index (χ3n) is 5.57. The average molecular weight is 424 g/mol. The van der Waals surface area contributed by atoms with Crippen molar-refractivity contribution in [1.82, 2.24) is 9.80 Å². The van der Waals surface area contributed by atoms with Gasteiger partial charge in [-0.25, -0.2) is 0 Å². The summed E-state index contributed by atoms with van der Waals surface area (Å²) in [5.41, 5.74) is 2.68. The molecule has 2 aromatic rings. The molecule has 1 saturated heterocycles. The highest BCUT2D eigenvalue weighted by Gasteiger charge is 2.23. The Hall–Kier alpha value is -2.86. The minimum absolute atomic E-state index is 0.0145. The molecule has 3 rings (SSSR count). The minimum Gasteiger partial charge on any atom is -0.494 e. The van der Waals surface area contributed by atoms with Crippen LogP contribution in [-0.4, -0.2) is 60.9 Å². The number of unbranched alkanes of at least 4 members (excludes halogenated alkanes) is 1. The van der Waals surface area contributed by atoms with Crippen molar-refractivity contribution in [3.05, 3.63) is 59.7 Å². The van der Waals surface area contributed by atoms with Gasteiger partial charge < -0.3 is 15.0 Å². The Morgan fingerprint density at radius 3 is 2.35 bits per heavy atom. The molecule has 0 saturated carbocycles. The molecule has 0 unspecified atom stereocenters. The average Bonchev–Trinajstić information content (AvgIpc) is 2.80. The van der Waals surface area contributed by atoms with Crippen LogP contribution in [0, 0.1) is 0 Å². The van der Waals surface area contributed by atoms with Gasteiger partial charge in [-0.3, -0.25) is 14.5 Å². The van der Waals surface area contributed by atoms with E-state index >= 15 is 0 Å². The molecule has 2 amide bonds. The van der Waals surface area contributed by atoms with Crippen LogP contribution in [0.3, 0.4) is 0 Å². The Morgan fingerprint density at radius 2 is 1.68 bits per heavy atom. The third kappa shape index (κ3) is 6.56. The van der Waals surface area contributed by atoms with Crippen LogP contribution in [0.4, 0.5) is 5.69 Å². The molecule has 0 atom stereocenters. The number of amides is 2. The number of anilines is 1. The summed E-state index contributed by atoms with van der Waals surface area (Å²) in [7, 11) is 0. The van der Waals surface area contributed by atoms with E-state index in [1.165, 1.54) is 0 Å². The molecular formula is C25H33N3O3. The Kier molecular flexibility index (Phi) is 8.47. The fraction of sp³-hybridized carbons (Fsp3) is 0.440. The van der Waals surface area contributed by atoms with Crippen molar-refractivity contribution in [3.63, 3.8) is 0 Å². The number of hydrogen-bond acceptors (Lipinski definition) is 4. The zero-order valence-corrected chi connectivity index (χ0v) is 18.6. The molecule has 166 valence electrons. The summed E-state index contributed by atoms with van der Waals surface area (Å²) in [4.78, 5) is 29.2. The number of nitrogens with one attached hydrogen (secondary N) is 1. The summed E-state index contributed by atoms with van der Waals surface area (Å²) in [6, 6.07) is 15.3. The van der Waals surface area contributed by atoms with E-state index in [0.717, 1.165) is 36.3 Å². The fourth-order valence-electron chi connectivity index (χ4n) is 3.66. The number of ether oxygens (including phenoxy) is 1. The van der Waals surface area contributed by atoms with E-state index in [1.54, 1.807) is 0 Å². The first-order valence-electron chi connectivity index (χ1n) is 11.2. The molecule has 1 fully saturated rings. The van der Waals surface area contributed by atoms with Crippen molar-refractivity contribution < 1.29 is 14.3 Å². The van der Waals surface area contributed by atoms with Gasteiger partial charge in [-0.05, 0) is 48.7 Å². The summed E-state index contributed by atoms with van der Waals surface area (Å²) in [6.45, 7) is 7.85. The topological polar surface area (TPSA) is 61.9 Å². The van der Waals surface area contributed by atoms with E-state index in [4.69, 9.17) is 4.74 Å². The van der Waals surface area contributed by atoms with Crippen molar-refractivity contribution in [2.75, 3.05) is 44.6 Å². The molecule has 0 aromatic heterocycles. The zero-order chi connectivity index (χ0) is 22.1. The molecule has 1 aliphatic heterocycles. The summed E-state index contributed by atoms with van der Waals surface area (Å²) >= 11 is 0. The highest BCUT2D eigenvalue weighted by atomic mass is 16.5. The Bertz CT molecular complexity index is 859. The second kappa shape index (κ2) is 11.5. The van der Waals surface area contributed by atoms with E-state index < -0.39 is 0 Å². The molecule has 2 aromatic carbocycles. The fourth-order valence-corrected chi connectivity index (χ4v) is 3.66. The van der Waals surface area contributed by atoms with Gasteiger partial charge in [-0.1, -0.05) is 38.5 Å². The highest BCUT2D eigenvalue weighted by Crippen LogP contribution is 2.17. The van der Waals surface area contributed by atoms with Crippen molar-refractivity contribution in [2.45, 2.75) is 33.1 Å². The van der Waals surface area contributed by atoms with Gasteiger partial charge in [-0.15, -0.1) is 0 Å². The van der Waals surface area contributed by atoms with Crippen molar-refractivity contribution in [1.29, 1.82) is 0 Å². The number of para-hydroxylation sites is 1. The summed E-state index contributed by atoms with van der Waals surface area (Å²) in [5.74, 6) is 0.811. The van der Waals surface area contributed by atoms with E-state index in [0.29, 0.717) is 44.9 Å². The standard InChI is InChI=1S/C25H33N3O3/c1-3-5-18-31-22-12-10-21(11-13-22)25(30)28-16-14-27(15-17-28)19-24(29)26-23-9-7-6-8-20(23)4-2/h6-13H,3-5,14-19H2,1-2H3,(H,26,29). The minimum atomic E-state index is -0.0145. The second-order valence-electron chi connectivity index (χ2n) is 7.85.